The van der Waals surface area contributed by atoms with Crippen molar-refractivity contribution in [3.63, 3.8) is 0 Å². The third kappa shape index (κ3) is 4.13. The summed E-state index contributed by atoms with van der Waals surface area (Å²) in [7, 11) is 1.59. The van der Waals surface area contributed by atoms with Crippen molar-refractivity contribution in [2.24, 2.45) is 0 Å². The van der Waals surface area contributed by atoms with Crippen LogP contribution in [0, 0.1) is 0 Å². The second-order valence-corrected chi connectivity index (χ2v) is 5.97. The lowest BCUT2D eigenvalue weighted by Crippen LogP contribution is -2.16. The van der Waals surface area contributed by atoms with Gasteiger partial charge in [0.1, 0.15) is 18.1 Å². The zero-order valence-electron chi connectivity index (χ0n) is 13.5. The molecule has 8 nitrogen and oxygen atoms in total. The highest BCUT2D eigenvalue weighted by molar-refractivity contribution is 7.99. The molecule has 0 unspecified atom stereocenters. The topological polar surface area (TPSA) is 108 Å². The number of hydrogen-bond acceptors (Lipinski definition) is 7. The molecule has 3 rings (SSSR count). The lowest BCUT2D eigenvalue weighted by molar-refractivity contribution is 0.101. The van der Waals surface area contributed by atoms with Gasteiger partial charge in [-0.3, -0.25) is 4.79 Å². The molecule has 0 bridgehead atoms. The van der Waals surface area contributed by atoms with Crippen molar-refractivity contribution in [1.29, 1.82) is 0 Å². The van der Waals surface area contributed by atoms with Crippen LogP contribution in [-0.4, -0.2) is 38.5 Å². The van der Waals surface area contributed by atoms with Gasteiger partial charge in [0.25, 0.3) is 0 Å². The van der Waals surface area contributed by atoms with Crippen LogP contribution < -0.4 is 15.3 Å². The minimum Gasteiger partial charge on any atom is -0.497 e. The molecule has 0 fully saturated rings. The van der Waals surface area contributed by atoms with Crippen molar-refractivity contribution < 1.29 is 14.3 Å². The summed E-state index contributed by atoms with van der Waals surface area (Å²) in [6.45, 7) is 0.155. The predicted molar refractivity (Wildman–Crippen MR) is 93.3 cm³/mol. The fourth-order valence-corrected chi connectivity index (χ4v) is 2.81. The molecule has 0 spiro atoms. The number of thioether (sulfide) groups is 1. The maximum absolute atomic E-state index is 12.0. The Labute approximate surface area is 148 Å². The number of nitrogens with zero attached hydrogens (tertiary/aromatic N) is 3. The first-order valence-corrected chi connectivity index (χ1v) is 8.41. The van der Waals surface area contributed by atoms with Gasteiger partial charge in [-0.1, -0.05) is 17.8 Å². The van der Waals surface area contributed by atoms with Gasteiger partial charge in [0.15, 0.2) is 11.6 Å². The first-order valence-electron chi connectivity index (χ1n) is 7.43. The van der Waals surface area contributed by atoms with Crippen LogP contribution in [0.15, 0.2) is 47.8 Å². The van der Waals surface area contributed by atoms with Crippen molar-refractivity contribution >= 4 is 17.5 Å². The summed E-state index contributed by atoms with van der Waals surface area (Å²) in [5.74, 6) is 7.95. The van der Waals surface area contributed by atoms with E-state index in [9.17, 15) is 4.79 Å². The van der Waals surface area contributed by atoms with Crippen LogP contribution in [0.2, 0.25) is 0 Å². The molecule has 130 valence electrons. The largest absolute Gasteiger partial charge is 0.497 e. The molecule has 2 heterocycles. The summed E-state index contributed by atoms with van der Waals surface area (Å²) in [6, 6.07) is 10.7. The molecule has 0 aliphatic heterocycles. The molecule has 0 saturated carbocycles. The molecule has 3 aromatic rings. The van der Waals surface area contributed by atoms with E-state index in [0.717, 1.165) is 0 Å². The lowest BCUT2D eigenvalue weighted by Gasteiger charge is -2.07. The molecule has 0 atom stereocenters. The number of benzene rings is 1. The number of hydrogen-bond donors (Lipinski definition) is 2. The van der Waals surface area contributed by atoms with E-state index >= 15 is 0 Å². The molecular formula is C16H17N5O3S. The standard InChI is InChI=1S/C16H17N5O3S/c1-23-11-4-2-5-12(8-11)24-9-15-19-20-16(21(15)17)25-10-14(22)13-6-3-7-18-13/h2-8,18H,9-10,17H2,1H3. The van der Waals surface area contributed by atoms with Crippen LogP contribution in [-0.2, 0) is 6.61 Å². The normalized spacial score (nSPS) is 10.6. The fraction of sp³-hybridized carbons (Fsp3) is 0.188. The molecular weight excluding hydrogens is 342 g/mol. The highest BCUT2D eigenvalue weighted by Crippen LogP contribution is 2.21. The van der Waals surface area contributed by atoms with Crippen molar-refractivity contribution in [2.75, 3.05) is 18.7 Å². The number of ether oxygens (including phenoxy) is 2. The Morgan fingerprint density at radius 3 is 2.88 bits per heavy atom. The molecule has 0 radical (unpaired) electrons. The van der Waals surface area contributed by atoms with Gasteiger partial charge in [-0.25, -0.2) is 4.68 Å². The quantitative estimate of drug-likeness (QED) is 0.359. The van der Waals surface area contributed by atoms with E-state index in [1.165, 1.54) is 16.4 Å². The first kappa shape index (κ1) is 16.9. The predicted octanol–water partition coefficient (Wildman–Crippen LogP) is 1.88. The number of nitrogens with two attached hydrogens (primary N) is 1. The number of ketones is 1. The van der Waals surface area contributed by atoms with Crippen molar-refractivity contribution in [2.45, 2.75) is 11.8 Å². The second kappa shape index (κ2) is 7.75. The molecule has 0 amide bonds. The Balaban J connectivity index is 1.58. The number of methoxy groups -OCH3 is 1. The van der Waals surface area contributed by atoms with Crippen molar-refractivity contribution in [1.82, 2.24) is 19.9 Å². The number of aromatic nitrogens is 4. The van der Waals surface area contributed by atoms with Gasteiger partial charge in [-0.05, 0) is 24.3 Å². The number of Topliss-reactive ketones (excluding diaryl/α,β-unsaturated/α-hetero) is 1. The molecule has 3 N–H and O–H groups in total. The monoisotopic (exact) mass is 359 g/mol. The third-order valence-electron chi connectivity index (χ3n) is 3.38. The van der Waals surface area contributed by atoms with E-state index in [1.807, 2.05) is 18.2 Å². The van der Waals surface area contributed by atoms with Crippen LogP contribution in [0.25, 0.3) is 0 Å². The summed E-state index contributed by atoms with van der Waals surface area (Å²) >= 11 is 1.22. The van der Waals surface area contributed by atoms with Gasteiger partial charge >= 0.3 is 0 Å². The number of nitrogens with one attached hydrogen (secondary N) is 1. The minimum atomic E-state index is -0.0350. The molecule has 9 heteroatoms. The number of aromatic amines is 1. The Morgan fingerprint density at radius 2 is 2.12 bits per heavy atom. The van der Waals surface area contributed by atoms with Crippen molar-refractivity contribution in [3.05, 3.63) is 54.1 Å². The van der Waals surface area contributed by atoms with E-state index < -0.39 is 0 Å². The Morgan fingerprint density at radius 1 is 1.28 bits per heavy atom. The third-order valence-corrected chi connectivity index (χ3v) is 4.32. The number of carbonyl (C=O) groups excluding carboxylic acids is 1. The highest BCUT2D eigenvalue weighted by Gasteiger charge is 2.14. The SMILES string of the molecule is COc1cccc(OCc2nnc(SCC(=O)c3ccc[nH]3)n2N)c1. The number of nitrogen functional groups attached to an aromatic ring is 1. The van der Waals surface area contributed by atoms with Gasteiger partial charge < -0.3 is 20.3 Å². The number of carbonyl (C=O) groups is 1. The van der Waals surface area contributed by atoms with Crippen LogP contribution >= 0.6 is 11.8 Å². The Hall–Kier alpha value is -2.94. The maximum atomic E-state index is 12.0. The van der Waals surface area contributed by atoms with Crippen LogP contribution in [0.3, 0.4) is 0 Å². The average Bonchev–Trinajstić information content (AvgIpc) is 3.29. The molecule has 0 aliphatic rings. The first-order chi connectivity index (χ1) is 12.2. The summed E-state index contributed by atoms with van der Waals surface area (Å²) in [4.78, 5) is 14.9. The molecule has 1 aromatic carbocycles. The minimum absolute atomic E-state index is 0.0350. The van der Waals surface area contributed by atoms with Crippen LogP contribution in [0.4, 0.5) is 0 Å². The fourth-order valence-electron chi connectivity index (χ4n) is 2.05. The zero-order chi connectivity index (χ0) is 17.6. The number of rotatable bonds is 8. The molecule has 0 aliphatic carbocycles. The highest BCUT2D eigenvalue weighted by atomic mass is 32.2. The maximum Gasteiger partial charge on any atom is 0.210 e. The van der Waals surface area contributed by atoms with E-state index in [2.05, 4.69) is 15.2 Å². The van der Waals surface area contributed by atoms with Crippen molar-refractivity contribution in [3.8, 4) is 11.5 Å². The molecule has 2 aromatic heterocycles. The molecule has 0 saturated heterocycles. The van der Waals surface area contributed by atoms with Gasteiger partial charge in [-0.15, -0.1) is 10.2 Å². The second-order valence-electron chi connectivity index (χ2n) is 5.03. The summed E-state index contributed by atoms with van der Waals surface area (Å²) in [6.07, 6.45) is 1.71. The summed E-state index contributed by atoms with van der Waals surface area (Å²) < 4.78 is 12.1. The smallest absolute Gasteiger partial charge is 0.210 e. The van der Waals surface area contributed by atoms with Gasteiger partial charge in [0.05, 0.1) is 18.6 Å². The Kier molecular flexibility index (Phi) is 5.24. The number of H-pyrrole nitrogens is 1. The van der Waals surface area contributed by atoms with E-state index in [1.54, 1.807) is 31.5 Å². The van der Waals surface area contributed by atoms with E-state index in [0.29, 0.717) is 28.2 Å². The van der Waals surface area contributed by atoms with Gasteiger partial charge in [0, 0.05) is 12.3 Å². The van der Waals surface area contributed by atoms with E-state index in [4.69, 9.17) is 15.3 Å². The zero-order valence-corrected chi connectivity index (χ0v) is 14.3. The lowest BCUT2D eigenvalue weighted by atomic mass is 10.3. The van der Waals surface area contributed by atoms with E-state index in [-0.39, 0.29) is 18.1 Å². The Bertz CT molecular complexity index is 847. The molecule has 25 heavy (non-hydrogen) atoms. The van der Waals surface area contributed by atoms with Gasteiger partial charge in [0.2, 0.25) is 5.16 Å². The van der Waals surface area contributed by atoms with Crippen LogP contribution in [0.5, 0.6) is 11.5 Å². The van der Waals surface area contributed by atoms with Crippen LogP contribution in [0.1, 0.15) is 16.3 Å². The average molecular weight is 359 g/mol. The van der Waals surface area contributed by atoms with Gasteiger partial charge in [-0.2, -0.15) is 0 Å². The summed E-state index contributed by atoms with van der Waals surface area (Å²) in [5.41, 5.74) is 0.553. The summed E-state index contributed by atoms with van der Waals surface area (Å²) in [5, 5.41) is 8.45.